The molecular formula is C6H18O3Si3. The molecule has 72 valence electrons. The highest BCUT2D eigenvalue weighted by molar-refractivity contribution is 6.78. The molecule has 0 bridgehead atoms. The molecule has 0 atom stereocenters. The molecule has 0 fully saturated rings. The van der Waals surface area contributed by atoms with Crippen molar-refractivity contribution in [2.24, 2.45) is 0 Å². The normalized spacial score (nSPS) is 12.5. The first kappa shape index (κ1) is 12.1. The maximum Gasteiger partial charge on any atom is 0.736 e. The van der Waals surface area contributed by atoms with Crippen LogP contribution in [0.5, 0.6) is 0 Å². The minimum atomic E-state index is -2.23. The second-order valence-corrected chi connectivity index (χ2v) is 15.3. The first-order valence-electron chi connectivity index (χ1n) is 4.02. The SMILES string of the molecule is C[Si](C)(C)O[Si](=O)O[Si](C)(C)C. The van der Waals surface area contributed by atoms with Crippen molar-refractivity contribution in [3.05, 3.63) is 0 Å². The van der Waals surface area contributed by atoms with Crippen LogP contribution in [0, 0.1) is 0 Å². The van der Waals surface area contributed by atoms with E-state index in [2.05, 4.69) is 0 Å². The van der Waals surface area contributed by atoms with Gasteiger partial charge in [0.1, 0.15) is 0 Å². The lowest BCUT2D eigenvalue weighted by Crippen LogP contribution is -2.38. The lowest BCUT2D eigenvalue weighted by molar-refractivity contribution is 0.342. The lowest BCUT2D eigenvalue weighted by atomic mass is 11.8. The van der Waals surface area contributed by atoms with Crippen LogP contribution in [0.15, 0.2) is 0 Å². The van der Waals surface area contributed by atoms with Crippen molar-refractivity contribution in [1.29, 1.82) is 0 Å². The van der Waals surface area contributed by atoms with Crippen molar-refractivity contribution in [2.45, 2.75) is 39.3 Å². The van der Waals surface area contributed by atoms with Gasteiger partial charge in [0, 0.05) is 0 Å². The fourth-order valence-electron chi connectivity index (χ4n) is 0.521. The zero-order valence-corrected chi connectivity index (χ0v) is 11.7. The molecule has 0 aromatic carbocycles. The van der Waals surface area contributed by atoms with E-state index in [0.29, 0.717) is 0 Å². The quantitative estimate of drug-likeness (QED) is 0.684. The van der Waals surface area contributed by atoms with Gasteiger partial charge in [0.05, 0.1) is 0 Å². The van der Waals surface area contributed by atoms with E-state index in [1.807, 2.05) is 39.3 Å². The molecule has 0 aliphatic heterocycles. The van der Waals surface area contributed by atoms with Crippen molar-refractivity contribution in [1.82, 2.24) is 0 Å². The van der Waals surface area contributed by atoms with Crippen LogP contribution in [0.1, 0.15) is 0 Å². The van der Waals surface area contributed by atoms with Gasteiger partial charge in [-0.25, -0.2) is 0 Å². The van der Waals surface area contributed by atoms with E-state index in [1.165, 1.54) is 0 Å². The Morgan fingerprint density at radius 2 is 1.08 bits per heavy atom. The summed E-state index contributed by atoms with van der Waals surface area (Å²) in [5.74, 6) is 0. The Morgan fingerprint density at radius 3 is 1.25 bits per heavy atom. The second-order valence-electron chi connectivity index (χ2n) is 4.68. The number of rotatable bonds is 4. The van der Waals surface area contributed by atoms with Gasteiger partial charge in [-0.3, -0.25) is 4.46 Å². The smallest absolute Gasteiger partial charge is 0.552 e. The molecule has 0 rings (SSSR count). The monoisotopic (exact) mass is 222 g/mol. The summed E-state index contributed by atoms with van der Waals surface area (Å²) in [6.07, 6.45) is 0. The summed E-state index contributed by atoms with van der Waals surface area (Å²) in [6.45, 7) is 12.0. The average Bonchev–Trinajstić information content (AvgIpc) is 1.49. The van der Waals surface area contributed by atoms with Crippen LogP contribution in [0.25, 0.3) is 0 Å². The average molecular weight is 222 g/mol. The highest BCUT2D eigenvalue weighted by Crippen LogP contribution is 2.07. The Morgan fingerprint density at radius 1 is 0.833 bits per heavy atom. The molecule has 0 aliphatic carbocycles. The Balaban J connectivity index is 3.92. The second kappa shape index (κ2) is 3.84. The Kier molecular flexibility index (Phi) is 3.86. The predicted molar refractivity (Wildman–Crippen MR) is 55.3 cm³/mol. The van der Waals surface area contributed by atoms with Crippen molar-refractivity contribution in [3.8, 4) is 0 Å². The van der Waals surface area contributed by atoms with Crippen molar-refractivity contribution in [2.75, 3.05) is 0 Å². The Bertz CT molecular complexity index is 150. The van der Waals surface area contributed by atoms with Crippen molar-refractivity contribution < 1.29 is 12.7 Å². The Hall–Kier alpha value is 0.0506. The Labute approximate surface area is 78.3 Å². The van der Waals surface area contributed by atoms with Crippen molar-refractivity contribution >= 4 is 25.8 Å². The maximum absolute atomic E-state index is 11.3. The van der Waals surface area contributed by atoms with Crippen LogP contribution in [0.4, 0.5) is 0 Å². The van der Waals surface area contributed by atoms with Crippen LogP contribution in [-0.4, -0.2) is 25.8 Å². The van der Waals surface area contributed by atoms with Gasteiger partial charge in [0.2, 0.25) is 16.6 Å². The summed E-state index contributed by atoms with van der Waals surface area (Å²) >= 11 is 0. The molecule has 12 heavy (non-hydrogen) atoms. The minimum Gasteiger partial charge on any atom is -0.552 e. The predicted octanol–water partition coefficient (Wildman–Crippen LogP) is 2.10. The molecule has 0 aromatic heterocycles. The molecule has 0 aromatic rings. The molecule has 0 unspecified atom stereocenters. The van der Waals surface area contributed by atoms with Gasteiger partial charge >= 0.3 is 9.17 Å². The fraction of sp³-hybridized carbons (Fsp3) is 1.00. The van der Waals surface area contributed by atoms with E-state index in [4.69, 9.17) is 8.23 Å². The van der Waals surface area contributed by atoms with Crippen LogP contribution in [0.3, 0.4) is 0 Å². The molecule has 0 heterocycles. The zero-order valence-electron chi connectivity index (χ0n) is 8.72. The molecule has 0 N–H and O–H groups in total. The zero-order chi connectivity index (χ0) is 9.99. The first-order chi connectivity index (χ1) is 5.10. The standard InChI is InChI=1S/C6H18O3Si3/c1-11(2,3)8-10(7)9-12(4,5)6/h1-6H3. The van der Waals surface area contributed by atoms with E-state index < -0.39 is 25.8 Å². The summed E-state index contributed by atoms with van der Waals surface area (Å²) in [4.78, 5) is 0. The van der Waals surface area contributed by atoms with Crippen LogP contribution in [-0.2, 0) is 12.7 Å². The van der Waals surface area contributed by atoms with E-state index in [0.717, 1.165) is 0 Å². The summed E-state index contributed by atoms with van der Waals surface area (Å²) in [5.41, 5.74) is 0. The molecule has 0 saturated carbocycles. The highest BCUT2D eigenvalue weighted by Gasteiger charge is 2.28. The summed E-state index contributed by atoms with van der Waals surface area (Å²) in [6, 6.07) is 0. The molecule has 0 aliphatic rings. The topological polar surface area (TPSA) is 35.5 Å². The highest BCUT2D eigenvalue weighted by atomic mass is 28.4. The van der Waals surface area contributed by atoms with Gasteiger partial charge in [0.15, 0.2) is 0 Å². The third-order valence-electron chi connectivity index (χ3n) is 0.779. The molecule has 0 spiro atoms. The molecule has 0 amide bonds. The third kappa shape index (κ3) is 8.15. The first-order valence-corrected chi connectivity index (χ1v) is 12.1. The van der Waals surface area contributed by atoms with Gasteiger partial charge in [-0.1, -0.05) is 0 Å². The summed E-state index contributed by atoms with van der Waals surface area (Å²) in [5, 5.41) is 0. The minimum absolute atomic E-state index is 1.69. The third-order valence-corrected chi connectivity index (χ3v) is 7.01. The van der Waals surface area contributed by atoms with E-state index >= 15 is 0 Å². The van der Waals surface area contributed by atoms with E-state index in [-0.39, 0.29) is 0 Å². The molecule has 0 radical (unpaired) electrons. The van der Waals surface area contributed by atoms with E-state index in [1.54, 1.807) is 0 Å². The number of hydrogen-bond acceptors (Lipinski definition) is 3. The molecule has 0 saturated heterocycles. The maximum atomic E-state index is 11.3. The van der Waals surface area contributed by atoms with Crippen molar-refractivity contribution in [3.63, 3.8) is 0 Å². The van der Waals surface area contributed by atoms with Gasteiger partial charge in [-0.05, 0) is 39.3 Å². The van der Waals surface area contributed by atoms with Gasteiger partial charge in [0.25, 0.3) is 0 Å². The van der Waals surface area contributed by atoms with Gasteiger partial charge in [-0.15, -0.1) is 0 Å². The fourth-order valence-corrected chi connectivity index (χ4v) is 5.06. The van der Waals surface area contributed by atoms with Crippen LogP contribution in [0.2, 0.25) is 39.3 Å². The van der Waals surface area contributed by atoms with Crippen LogP contribution >= 0.6 is 0 Å². The molecule has 3 nitrogen and oxygen atoms in total. The van der Waals surface area contributed by atoms with Crippen LogP contribution < -0.4 is 0 Å². The summed E-state index contributed by atoms with van der Waals surface area (Å²) < 4.78 is 21.9. The largest absolute Gasteiger partial charge is 0.736 e. The number of hydrogen-bond donors (Lipinski definition) is 0. The molecule has 6 heteroatoms. The van der Waals surface area contributed by atoms with Gasteiger partial charge < -0.3 is 8.23 Å². The van der Waals surface area contributed by atoms with E-state index in [9.17, 15) is 4.46 Å². The van der Waals surface area contributed by atoms with Gasteiger partial charge in [-0.2, -0.15) is 0 Å². The molecular weight excluding hydrogens is 204 g/mol. The lowest BCUT2D eigenvalue weighted by Gasteiger charge is -2.22. The summed E-state index contributed by atoms with van der Waals surface area (Å²) in [7, 11) is -5.61.